The van der Waals surface area contributed by atoms with Gasteiger partial charge in [0.25, 0.3) is 0 Å². The van der Waals surface area contributed by atoms with Gasteiger partial charge in [-0.2, -0.15) is 14.9 Å². The van der Waals surface area contributed by atoms with Crippen LogP contribution in [0.4, 0.5) is 0 Å². The Morgan fingerprint density at radius 2 is 2.56 bits per heavy atom. The van der Waals surface area contributed by atoms with Crippen molar-refractivity contribution in [2.45, 2.75) is 19.8 Å². The fourth-order valence-corrected chi connectivity index (χ4v) is 2.09. The summed E-state index contributed by atoms with van der Waals surface area (Å²) < 4.78 is 2.22. The summed E-state index contributed by atoms with van der Waals surface area (Å²) >= 11 is 6.76. The van der Waals surface area contributed by atoms with Crippen molar-refractivity contribution < 1.29 is 0 Å². The first-order chi connectivity index (χ1) is 7.81. The molecule has 2 aromatic rings. The normalized spacial score (nSPS) is 11.3. The molecule has 0 bridgehead atoms. The molecule has 0 radical (unpaired) electrons. The predicted octanol–water partition coefficient (Wildman–Crippen LogP) is 2.84. The first-order valence-electron chi connectivity index (χ1n) is 5.05. The number of hydrogen-bond donors (Lipinski definition) is 1. The number of H-pyrrole nitrogens is 1. The number of hydrogen-bond acceptors (Lipinski definition) is 4. The summed E-state index contributed by atoms with van der Waals surface area (Å²) in [5.74, 6) is 0.875. The topological polar surface area (TPSA) is 46.0 Å². The molecule has 4 nitrogen and oxygen atoms in total. The van der Waals surface area contributed by atoms with E-state index in [0.717, 1.165) is 23.5 Å². The molecule has 1 N–H and O–H groups in total. The number of aromatic nitrogens is 3. The Bertz CT molecular complexity index is 521. The highest BCUT2D eigenvalue weighted by atomic mass is 32.1. The van der Waals surface area contributed by atoms with E-state index in [0.29, 0.717) is 4.77 Å². The van der Waals surface area contributed by atoms with Gasteiger partial charge in [-0.15, -0.1) is 11.3 Å². The lowest BCUT2D eigenvalue weighted by atomic mass is 10.3. The van der Waals surface area contributed by atoms with Gasteiger partial charge in [0.2, 0.25) is 4.77 Å². The lowest BCUT2D eigenvalue weighted by molar-refractivity contribution is 0.740. The van der Waals surface area contributed by atoms with Gasteiger partial charge < -0.3 is 0 Å². The smallest absolute Gasteiger partial charge is 0.216 e. The lowest BCUT2D eigenvalue weighted by Gasteiger charge is -1.96. The SMILES string of the molecule is CCCc1n[nH]c(=S)n1/N=C/c1cccs1. The van der Waals surface area contributed by atoms with Gasteiger partial charge in [0, 0.05) is 11.3 Å². The number of rotatable bonds is 4. The van der Waals surface area contributed by atoms with Crippen LogP contribution in [0.15, 0.2) is 22.6 Å². The van der Waals surface area contributed by atoms with E-state index in [1.54, 1.807) is 22.2 Å². The van der Waals surface area contributed by atoms with Crippen LogP contribution in [-0.4, -0.2) is 21.1 Å². The summed E-state index contributed by atoms with van der Waals surface area (Å²) in [4.78, 5) is 1.10. The maximum Gasteiger partial charge on any atom is 0.216 e. The van der Waals surface area contributed by atoms with Crippen molar-refractivity contribution in [2.75, 3.05) is 0 Å². The molecule has 0 atom stereocenters. The third-order valence-corrected chi connectivity index (χ3v) is 3.11. The van der Waals surface area contributed by atoms with Crippen molar-refractivity contribution in [1.29, 1.82) is 0 Å². The molecule has 16 heavy (non-hydrogen) atoms. The van der Waals surface area contributed by atoms with E-state index >= 15 is 0 Å². The second kappa shape index (κ2) is 5.18. The molecule has 2 aromatic heterocycles. The summed E-state index contributed by atoms with van der Waals surface area (Å²) in [6.45, 7) is 2.10. The summed E-state index contributed by atoms with van der Waals surface area (Å²) in [6.07, 6.45) is 3.69. The average Bonchev–Trinajstić information content (AvgIpc) is 2.88. The fraction of sp³-hybridized carbons (Fsp3) is 0.300. The van der Waals surface area contributed by atoms with Crippen LogP contribution in [0.5, 0.6) is 0 Å². The van der Waals surface area contributed by atoms with Gasteiger partial charge >= 0.3 is 0 Å². The number of aromatic amines is 1. The van der Waals surface area contributed by atoms with Gasteiger partial charge in [-0.1, -0.05) is 13.0 Å². The van der Waals surface area contributed by atoms with Crippen molar-refractivity contribution in [3.63, 3.8) is 0 Å². The van der Waals surface area contributed by atoms with E-state index in [9.17, 15) is 0 Å². The minimum atomic E-state index is 0.538. The summed E-state index contributed by atoms with van der Waals surface area (Å²) in [7, 11) is 0. The van der Waals surface area contributed by atoms with Gasteiger partial charge in [-0.3, -0.25) is 5.10 Å². The maximum atomic E-state index is 5.12. The van der Waals surface area contributed by atoms with Gasteiger partial charge in [-0.05, 0) is 30.1 Å². The van der Waals surface area contributed by atoms with E-state index in [2.05, 4.69) is 22.2 Å². The van der Waals surface area contributed by atoms with Crippen molar-refractivity contribution in [3.05, 3.63) is 33.0 Å². The molecule has 2 heterocycles. The quantitative estimate of drug-likeness (QED) is 0.672. The summed E-state index contributed by atoms with van der Waals surface area (Å²) in [5, 5.41) is 13.2. The second-order valence-corrected chi connectivity index (χ2v) is 4.63. The van der Waals surface area contributed by atoms with Crippen molar-refractivity contribution >= 4 is 29.8 Å². The van der Waals surface area contributed by atoms with Crippen LogP contribution in [-0.2, 0) is 6.42 Å². The third-order valence-electron chi connectivity index (χ3n) is 2.03. The van der Waals surface area contributed by atoms with Crippen LogP contribution in [0.25, 0.3) is 0 Å². The Morgan fingerprint density at radius 1 is 1.69 bits per heavy atom. The fourth-order valence-electron chi connectivity index (χ4n) is 1.31. The molecule has 6 heteroatoms. The first-order valence-corrected chi connectivity index (χ1v) is 6.34. The van der Waals surface area contributed by atoms with Gasteiger partial charge in [0.05, 0.1) is 6.21 Å². The molecule has 2 rings (SSSR count). The molecule has 0 aliphatic rings. The molecule has 0 saturated carbocycles. The van der Waals surface area contributed by atoms with Gasteiger partial charge in [0.1, 0.15) is 0 Å². The van der Waals surface area contributed by atoms with E-state index in [1.165, 1.54) is 0 Å². The van der Waals surface area contributed by atoms with Gasteiger partial charge in [0.15, 0.2) is 5.82 Å². The Labute approximate surface area is 103 Å². The first kappa shape index (κ1) is 11.2. The molecule has 0 saturated heterocycles. The van der Waals surface area contributed by atoms with E-state index in [-0.39, 0.29) is 0 Å². The third kappa shape index (κ3) is 2.45. The zero-order valence-corrected chi connectivity index (χ0v) is 10.5. The maximum absolute atomic E-state index is 5.12. The summed E-state index contributed by atoms with van der Waals surface area (Å²) in [6, 6.07) is 4.00. The predicted molar refractivity (Wildman–Crippen MR) is 68.7 cm³/mol. The Morgan fingerprint density at radius 3 is 3.25 bits per heavy atom. The minimum Gasteiger partial charge on any atom is -0.250 e. The van der Waals surface area contributed by atoms with Crippen molar-refractivity contribution in [2.24, 2.45) is 5.10 Å². The van der Waals surface area contributed by atoms with Crippen LogP contribution >= 0.6 is 23.6 Å². The highest BCUT2D eigenvalue weighted by Crippen LogP contribution is 2.06. The molecule has 0 aromatic carbocycles. The van der Waals surface area contributed by atoms with E-state index < -0.39 is 0 Å². The molecular formula is C10H12N4S2. The van der Waals surface area contributed by atoms with Crippen LogP contribution in [0.3, 0.4) is 0 Å². The lowest BCUT2D eigenvalue weighted by Crippen LogP contribution is -1.98. The van der Waals surface area contributed by atoms with Crippen molar-refractivity contribution in [1.82, 2.24) is 14.9 Å². The number of aryl methyl sites for hydroxylation is 1. The second-order valence-electron chi connectivity index (χ2n) is 3.27. The zero-order valence-electron chi connectivity index (χ0n) is 8.88. The molecule has 0 spiro atoms. The van der Waals surface area contributed by atoms with Gasteiger partial charge in [-0.25, -0.2) is 0 Å². The largest absolute Gasteiger partial charge is 0.250 e. The Balaban J connectivity index is 2.26. The number of nitrogens with zero attached hydrogens (tertiary/aromatic N) is 3. The van der Waals surface area contributed by atoms with Crippen molar-refractivity contribution in [3.8, 4) is 0 Å². The zero-order chi connectivity index (χ0) is 11.4. The van der Waals surface area contributed by atoms with E-state index in [4.69, 9.17) is 12.2 Å². The van der Waals surface area contributed by atoms with Crippen LogP contribution in [0.2, 0.25) is 0 Å². The molecule has 0 aliphatic heterocycles. The molecule has 0 aliphatic carbocycles. The Kier molecular flexibility index (Phi) is 3.63. The Hall–Kier alpha value is -1.27. The molecular weight excluding hydrogens is 240 g/mol. The number of nitrogens with one attached hydrogen (secondary N) is 1. The minimum absolute atomic E-state index is 0.538. The van der Waals surface area contributed by atoms with E-state index in [1.807, 2.05) is 17.5 Å². The van der Waals surface area contributed by atoms with Crippen LogP contribution in [0.1, 0.15) is 24.0 Å². The van der Waals surface area contributed by atoms with Crippen LogP contribution < -0.4 is 0 Å². The average molecular weight is 252 g/mol. The molecule has 0 fully saturated rings. The molecule has 0 unspecified atom stereocenters. The monoisotopic (exact) mass is 252 g/mol. The molecule has 0 amide bonds. The highest BCUT2D eigenvalue weighted by molar-refractivity contribution is 7.71. The number of thiophene rings is 1. The summed E-state index contributed by atoms with van der Waals surface area (Å²) in [5.41, 5.74) is 0. The van der Waals surface area contributed by atoms with Crippen LogP contribution in [0, 0.1) is 4.77 Å². The highest BCUT2D eigenvalue weighted by Gasteiger charge is 2.02. The molecule has 84 valence electrons. The standard InChI is InChI=1S/C10H12N4S2/c1-2-4-9-12-13-10(15)14(9)11-7-8-5-3-6-16-8/h3,5-7H,2,4H2,1H3,(H,13,15)/b11-7+.